The summed E-state index contributed by atoms with van der Waals surface area (Å²) in [6.45, 7) is 4.11. The molecule has 1 fully saturated rings. The first-order chi connectivity index (χ1) is 11.8. The van der Waals surface area contributed by atoms with Crippen LogP contribution in [0.4, 0.5) is 11.6 Å². The lowest BCUT2D eigenvalue weighted by atomic mass is 9.97. The van der Waals surface area contributed by atoms with Crippen LogP contribution >= 0.6 is 0 Å². The zero-order valence-corrected chi connectivity index (χ0v) is 13.8. The summed E-state index contributed by atoms with van der Waals surface area (Å²) in [5, 5.41) is 2.99. The summed E-state index contributed by atoms with van der Waals surface area (Å²) in [6.07, 6.45) is 5.30. The van der Waals surface area contributed by atoms with E-state index in [9.17, 15) is 4.79 Å². The maximum atomic E-state index is 12.5. The molecule has 0 saturated carbocycles. The van der Waals surface area contributed by atoms with Crippen LogP contribution in [-0.2, 0) is 4.79 Å². The van der Waals surface area contributed by atoms with Crippen LogP contribution in [0.1, 0.15) is 19.8 Å². The molecule has 0 spiro atoms. The molecule has 3 rings (SSSR count). The topological polar surface area (TPSA) is 67.3 Å². The van der Waals surface area contributed by atoms with Crippen LogP contribution in [0, 0.1) is 5.92 Å². The number of nitrogens with zero attached hydrogens (tertiary/aromatic N) is 3. The molecule has 2 aromatic rings. The van der Waals surface area contributed by atoms with E-state index in [1.54, 1.807) is 18.5 Å². The molecule has 1 atom stereocenters. The van der Waals surface area contributed by atoms with Crippen LogP contribution in [0.25, 0.3) is 0 Å². The van der Waals surface area contributed by atoms with Crippen LogP contribution in [0.15, 0.2) is 42.7 Å². The quantitative estimate of drug-likeness (QED) is 0.915. The van der Waals surface area contributed by atoms with Crippen molar-refractivity contribution in [1.82, 2.24) is 9.97 Å². The van der Waals surface area contributed by atoms with E-state index in [1.165, 1.54) is 0 Å². The fourth-order valence-electron chi connectivity index (χ4n) is 2.87. The molecule has 0 bridgehead atoms. The van der Waals surface area contributed by atoms with E-state index in [4.69, 9.17) is 4.74 Å². The molecular formula is C18H22N4O2. The summed E-state index contributed by atoms with van der Waals surface area (Å²) in [4.78, 5) is 23.2. The molecule has 1 aromatic carbocycles. The molecule has 0 radical (unpaired) electrons. The first kappa shape index (κ1) is 16.2. The Hall–Kier alpha value is -2.63. The molecule has 1 saturated heterocycles. The molecule has 6 heteroatoms. The van der Waals surface area contributed by atoms with Gasteiger partial charge in [-0.1, -0.05) is 0 Å². The SMILES string of the molecule is CCOc1ccc(NC(=O)C2CCCN(c3ncccn3)C2)cc1. The van der Waals surface area contributed by atoms with E-state index in [2.05, 4.69) is 20.2 Å². The van der Waals surface area contributed by atoms with Crippen LogP contribution in [0.2, 0.25) is 0 Å². The molecule has 1 aliphatic rings. The molecule has 1 aromatic heterocycles. The van der Waals surface area contributed by atoms with E-state index < -0.39 is 0 Å². The highest BCUT2D eigenvalue weighted by molar-refractivity contribution is 5.93. The predicted molar refractivity (Wildman–Crippen MR) is 93.2 cm³/mol. The Morgan fingerprint density at radius 3 is 2.75 bits per heavy atom. The van der Waals surface area contributed by atoms with Crippen LogP contribution in [-0.4, -0.2) is 35.6 Å². The minimum absolute atomic E-state index is 0.0415. The maximum absolute atomic E-state index is 12.5. The van der Waals surface area contributed by atoms with Crippen molar-refractivity contribution in [3.8, 4) is 5.75 Å². The Morgan fingerprint density at radius 1 is 1.29 bits per heavy atom. The van der Waals surface area contributed by atoms with E-state index in [-0.39, 0.29) is 11.8 Å². The average Bonchev–Trinajstić information content (AvgIpc) is 2.64. The fourth-order valence-corrected chi connectivity index (χ4v) is 2.87. The normalized spacial score (nSPS) is 17.4. The van der Waals surface area contributed by atoms with Gasteiger partial charge in [0.2, 0.25) is 11.9 Å². The van der Waals surface area contributed by atoms with Crippen LogP contribution in [0.3, 0.4) is 0 Å². The van der Waals surface area contributed by atoms with Crippen molar-refractivity contribution in [1.29, 1.82) is 0 Å². The zero-order chi connectivity index (χ0) is 16.8. The number of anilines is 2. The second kappa shape index (κ2) is 7.77. The Morgan fingerprint density at radius 2 is 2.04 bits per heavy atom. The number of rotatable bonds is 5. The molecule has 2 heterocycles. The van der Waals surface area contributed by atoms with Crippen molar-refractivity contribution < 1.29 is 9.53 Å². The Kier molecular flexibility index (Phi) is 5.25. The third-order valence-electron chi connectivity index (χ3n) is 4.06. The number of hydrogen-bond acceptors (Lipinski definition) is 5. The lowest BCUT2D eigenvalue weighted by molar-refractivity contribution is -0.120. The highest BCUT2D eigenvalue weighted by Crippen LogP contribution is 2.22. The Labute approximate surface area is 141 Å². The smallest absolute Gasteiger partial charge is 0.229 e. The van der Waals surface area contributed by atoms with Crippen LogP contribution in [0.5, 0.6) is 5.75 Å². The van der Waals surface area contributed by atoms with Gasteiger partial charge in [-0.3, -0.25) is 4.79 Å². The molecular weight excluding hydrogens is 304 g/mol. The first-order valence-electron chi connectivity index (χ1n) is 8.32. The van der Waals surface area contributed by atoms with Gasteiger partial charge >= 0.3 is 0 Å². The van der Waals surface area contributed by atoms with Crippen molar-refractivity contribution in [2.24, 2.45) is 5.92 Å². The summed E-state index contributed by atoms with van der Waals surface area (Å²) in [5.41, 5.74) is 0.788. The summed E-state index contributed by atoms with van der Waals surface area (Å²) in [5.74, 6) is 1.48. The van der Waals surface area contributed by atoms with E-state index in [0.29, 0.717) is 19.1 Å². The van der Waals surface area contributed by atoms with Crippen molar-refractivity contribution in [3.05, 3.63) is 42.7 Å². The number of benzene rings is 1. The van der Waals surface area contributed by atoms with E-state index in [0.717, 1.165) is 30.8 Å². The van der Waals surface area contributed by atoms with Crippen molar-refractivity contribution in [3.63, 3.8) is 0 Å². The second-order valence-corrected chi connectivity index (χ2v) is 5.78. The number of ether oxygens (including phenoxy) is 1. The van der Waals surface area contributed by atoms with Crippen molar-refractivity contribution in [2.45, 2.75) is 19.8 Å². The van der Waals surface area contributed by atoms with Gasteiger partial charge in [-0.15, -0.1) is 0 Å². The standard InChI is InChI=1S/C18H22N4O2/c1-2-24-16-8-6-15(7-9-16)21-17(23)14-5-3-12-22(13-14)18-19-10-4-11-20-18/h4,6-11,14H,2-3,5,12-13H2,1H3,(H,21,23). The van der Waals surface area contributed by atoms with Crippen molar-refractivity contribution >= 4 is 17.5 Å². The number of piperidine rings is 1. The molecule has 1 amide bonds. The van der Waals surface area contributed by atoms with Gasteiger partial charge in [-0.25, -0.2) is 9.97 Å². The average molecular weight is 326 g/mol. The molecule has 1 N–H and O–H groups in total. The lowest BCUT2D eigenvalue weighted by Crippen LogP contribution is -2.41. The fraction of sp³-hybridized carbons (Fsp3) is 0.389. The van der Waals surface area contributed by atoms with Crippen LogP contribution < -0.4 is 15.0 Å². The zero-order valence-electron chi connectivity index (χ0n) is 13.8. The number of amides is 1. The number of nitrogens with one attached hydrogen (secondary N) is 1. The third kappa shape index (κ3) is 4.01. The summed E-state index contributed by atoms with van der Waals surface area (Å²) in [7, 11) is 0. The predicted octanol–water partition coefficient (Wildman–Crippen LogP) is 2.73. The monoisotopic (exact) mass is 326 g/mol. The van der Waals surface area contributed by atoms with Gasteiger partial charge in [-0.2, -0.15) is 0 Å². The summed E-state index contributed by atoms with van der Waals surface area (Å²) < 4.78 is 5.41. The molecule has 24 heavy (non-hydrogen) atoms. The number of hydrogen-bond donors (Lipinski definition) is 1. The first-order valence-corrected chi connectivity index (χ1v) is 8.32. The number of carbonyl (C=O) groups is 1. The minimum atomic E-state index is -0.0610. The molecule has 1 unspecified atom stereocenters. The Bertz CT molecular complexity index is 660. The minimum Gasteiger partial charge on any atom is -0.494 e. The highest BCUT2D eigenvalue weighted by atomic mass is 16.5. The number of carbonyl (C=O) groups excluding carboxylic acids is 1. The van der Waals surface area contributed by atoms with Gasteiger partial charge in [-0.05, 0) is 50.1 Å². The third-order valence-corrected chi connectivity index (χ3v) is 4.06. The largest absolute Gasteiger partial charge is 0.494 e. The summed E-state index contributed by atoms with van der Waals surface area (Å²) >= 11 is 0. The molecule has 0 aliphatic carbocycles. The summed E-state index contributed by atoms with van der Waals surface area (Å²) in [6, 6.07) is 9.26. The van der Waals surface area contributed by atoms with Gasteiger partial charge in [0.1, 0.15) is 5.75 Å². The van der Waals surface area contributed by atoms with Gasteiger partial charge < -0.3 is 15.0 Å². The number of aromatic nitrogens is 2. The maximum Gasteiger partial charge on any atom is 0.229 e. The lowest BCUT2D eigenvalue weighted by Gasteiger charge is -2.31. The van der Waals surface area contributed by atoms with Gasteiger partial charge in [0.05, 0.1) is 12.5 Å². The van der Waals surface area contributed by atoms with E-state index >= 15 is 0 Å². The van der Waals surface area contributed by atoms with Gasteiger partial charge in [0.25, 0.3) is 0 Å². The second-order valence-electron chi connectivity index (χ2n) is 5.78. The molecule has 1 aliphatic heterocycles. The van der Waals surface area contributed by atoms with Crippen molar-refractivity contribution in [2.75, 3.05) is 29.9 Å². The van der Waals surface area contributed by atoms with Gasteiger partial charge in [0.15, 0.2) is 0 Å². The highest BCUT2D eigenvalue weighted by Gasteiger charge is 2.27. The molecule has 6 nitrogen and oxygen atoms in total. The molecule has 126 valence electrons. The van der Waals surface area contributed by atoms with Gasteiger partial charge in [0, 0.05) is 31.2 Å². The van der Waals surface area contributed by atoms with E-state index in [1.807, 2.05) is 31.2 Å². The Balaban J connectivity index is 1.60.